The van der Waals surface area contributed by atoms with E-state index in [9.17, 15) is 4.79 Å². The molecule has 0 fully saturated rings. The highest BCUT2D eigenvalue weighted by Gasteiger charge is 2.40. The Morgan fingerprint density at radius 3 is 1.70 bits per heavy atom. The molecule has 0 saturated carbocycles. The average Bonchev–Trinajstić information content (AvgIpc) is 2.47. The average molecular weight is 286 g/mol. The molecule has 0 radical (unpaired) electrons. The van der Waals surface area contributed by atoms with Crippen molar-refractivity contribution in [3.8, 4) is 0 Å². The van der Waals surface area contributed by atoms with Crippen LogP contribution in [0.4, 0.5) is 0 Å². The molecule has 0 aromatic heterocycles. The number of rotatable bonds is 4. The fourth-order valence-corrected chi connectivity index (χ4v) is 2.41. The molecular weight excluding hydrogens is 268 g/mol. The Morgan fingerprint density at radius 1 is 0.950 bits per heavy atom. The number of carbonyl (C=O) groups excluding carboxylic acids is 1. The predicted molar refractivity (Wildman–Crippen MR) is 83.9 cm³/mol. The second-order valence-corrected chi connectivity index (χ2v) is 5.57. The third kappa shape index (κ3) is 2.88. The van der Waals surface area contributed by atoms with E-state index in [1.54, 1.807) is 0 Å². The van der Waals surface area contributed by atoms with E-state index in [1.807, 2.05) is 74.5 Å². The summed E-state index contributed by atoms with van der Waals surface area (Å²) < 4.78 is 4.32. The molecule has 0 aliphatic carbocycles. The lowest BCUT2D eigenvalue weighted by molar-refractivity contribution is -0.149. The van der Waals surface area contributed by atoms with Gasteiger partial charge in [0.2, 0.25) is 0 Å². The second-order valence-electron chi connectivity index (χ2n) is 4.90. The molecule has 0 unspecified atom stereocenters. The predicted octanol–water partition coefficient (Wildman–Crippen LogP) is 3.81. The van der Waals surface area contributed by atoms with E-state index in [1.165, 1.54) is 0 Å². The van der Waals surface area contributed by atoms with Crippen LogP contribution < -0.4 is 0 Å². The number of hydrogen-bond acceptors (Lipinski definition) is 3. The fraction of sp³-hybridized carbons (Fsp3) is 0.235. The minimum absolute atomic E-state index is 0.179. The summed E-state index contributed by atoms with van der Waals surface area (Å²) in [6.45, 7) is 3.67. The molecule has 0 bridgehead atoms. The minimum Gasteiger partial charge on any atom is -0.461 e. The number of esters is 1. The number of ether oxygens (including phenoxy) is 1. The molecule has 2 aromatic rings. The molecule has 0 spiro atoms. The van der Waals surface area contributed by atoms with Gasteiger partial charge in [-0.3, -0.25) is 0 Å². The van der Waals surface area contributed by atoms with Crippen LogP contribution in [-0.4, -0.2) is 12.1 Å². The van der Waals surface area contributed by atoms with E-state index >= 15 is 0 Å². The van der Waals surface area contributed by atoms with Gasteiger partial charge in [-0.1, -0.05) is 60.7 Å². The van der Waals surface area contributed by atoms with Crippen molar-refractivity contribution in [1.82, 2.24) is 0 Å². The molecule has 20 heavy (non-hydrogen) atoms. The van der Waals surface area contributed by atoms with Crippen molar-refractivity contribution in [2.24, 2.45) is 0 Å². The van der Waals surface area contributed by atoms with E-state index in [4.69, 9.17) is 17.4 Å². The molecule has 2 aromatic carbocycles. The third-order valence-corrected chi connectivity index (χ3v) is 3.72. The molecule has 104 valence electrons. The monoisotopic (exact) mass is 286 g/mol. The molecule has 0 heterocycles. The smallest absolute Gasteiger partial charge is 0.331 e. The molecule has 2 rings (SSSR count). The highest BCUT2D eigenvalue weighted by Crippen LogP contribution is 2.37. The summed E-state index contributed by atoms with van der Waals surface area (Å²) >= 11 is 4.69. The molecule has 0 aliphatic heterocycles. The molecular formula is C17H18O2S. The quantitative estimate of drug-likeness (QED) is 0.683. The van der Waals surface area contributed by atoms with Crippen LogP contribution >= 0.6 is 12.6 Å². The zero-order chi connectivity index (χ0) is 14.6. The van der Waals surface area contributed by atoms with Gasteiger partial charge in [0.25, 0.3) is 0 Å². The maximum Gasteiger partial charge on any atom is 0.331 e. The van der Waals surface area contributed by atoms with Crippen molar-refractivity contribution in [1.29, 1.82) is 0 Å². The van der Waals surface area contributed by atoms with Gasteiger partial charge in [0.1, 0.15) is 0 Å². The Hall–Kier alpha value is -1.74. The zero-order valence-electron chi connectivity index (χ0n) is 11.6. The van der Waals surface area contributed by atoms with E-state index in [-0.39, 0.29) is 12.1 Å². The molecule has 0 saturated heterocycles. The van der Waals surface area contributed by atoms with Gasteiger partial charge in [-0.15, -0.1) is 0 Å². The summed E-state index contributed by atoms with van der Waals surface area (Å²) in [6, 6.07) is 19.0. The topological polar surface area (TPSA) is 26.3 Å². The highest BCUT2D eigenvalue weighted by atomic mass is 32.1. The highest BCUT2D eigenvalue weighted by molar-refractivity contribution is 7.82. The molecule has 0 aliphatic rings. The Kier molecular flexibility index (Phi) is 4.50. The first-order chi connectivity index (χ1) is 9.55. The second kappa shape index (κ2) is 6.14. The van der Waals surface area contributed by atoms with E-state index < -0.39 is 4.75 Å². The van der Waals surface area contributed by atoms with Crippen molar-refractivity contribution in [2.75, 3.05) is 0 Å². The zero-order valence-corrected chi connectivity index (χ0v) is 12.5. The fourth-order valence-electron chi connectivity index (χ4n) is 2.06. The lowest BCUT2D eigenvalue weighted by atomic mass is 9.90. The minimum atomic E-state index is -1.09. The van der Waals surface area contributed by atoms with Crippen LogP contribution in [0, 0.1) is 0 Å². The van der Waals surface area contributed by atoms with Gasteiger partial charge in [-0.25, -0.2) is 4.79 Å². The van der Waals surface area contributed by atoms with Crippen LogP contribution in [-0.2, 0) is 14.3 Å². The summed E-state index contributed by atoms with van der Waals surface area (Å²) in [4.78, 5) is 12.6. The van der Waals surface area contributed by atoms with E-state index in [0.29, 0.717) is 0 Å². The van der Waals surface area contributed by atoms with Gasteiger partial charge in [-0.05, 0) is 25.0 Å². The lowest BCUT2D eigenvalue weighted by Crippen LogP contribution is -2.34. The summed E-state index contributed by atoms with van der Waals surface area (Å²) in [5, 5.41) is 0. The largest absolute Gasteiger partial charge is 0.461 e. The first-order valence-corrected chi connectivity index (χ1v) is 7.04. The number of benzene rings is 2. The maximum atomic E-state index is 12.6. The summed E-state index contributed by atoms with van der Waals surface area (Å²) in [7, 11) is 0. The van der Waals surface area contributed by atoms with Crippen molar-refractivity contribution in [3.05, 3.63) is 71.8 Å². The summed E-state index contributed by atoms with van der Waals surface area (Å²) in [5.74, 6) is -0.353. The molecule has 2 nitrogen and oxygen atoms in total. The van der Waals surface area contributed by atoms with Crippen LogP contribution in [0.25, 0.3) is 0 Å². The van der Waals surface area contributed by atoms with Crippen molar-refractivity contribution >= 4 is 18.6 Å². The van der Waals surface area contributed by atoms with Gasteiger partial charge in [0, 0.05) is 0 Å². The van der Waals surface area contributed by atoms with Crippen LogP contribution in [0.2, 0.25) is 0 Å². The molecule has 3 heteroatoms. The standard InChI is InChI=1S/C17H18O2S/c1-13(2)19-16(18)17(20,14-9-5-3-6-10-14)15-11-7-4-8-12-15/h3-13,20H,1-2H3. The van der Waals surface area contributed by atoms with Gasteiger partial charge in [0.15, 0.2) is 4.75 Å². The van der Waals surface area contributed by atoms with Crippen LogP contribution in [0.3, 0.4) is 0 Å². The first-order valence-electron chi connectivity index (χ1n) is 6.59. The summed E-state index contributed by atoms with van der Waals surface area (Å²) in [5.41, 5.74) is 1.61. The van der Waals surface area contributed by atoms with Gasteiger partial charge < -0.3 is 4.74 Å². The van der Waals surface area contributed by atoms with E-state index in [0.717, 1.165) is 11.1 Å². The number of carbonyl (C=O) groups is 1. The van der Waals surface area contributed by atoms with Crippen LogP contribution in [0.15, 0.2) is 60.7 Å². The number of hydrogen-bond donors (Lipinski definition) is 1. The lowest BCUT2D eigenvalue weighted by Gasteiger charge is -2.28. The maximum absolute atomic E-state index is 12.6. The van der Waals surface area contributed by atoms with Crippen LogP contribution in [0.5, 0.6) is 0 Å². The van der Waals surface area contributed by atoms with Crippen molar-refractivity contribution in [2.45, 2.75) is 24.7 Å². The van der Waals surface area contributed by atoms with Crippen LogP contribution in [0.1, 0.15) is 25.0 Å². The molecule has 0 amide bonds. The Labute approximate surface area is 125 Å². The van der Waals surface area contributed by atoms with Crippen molar-refractivity contribution < 1.29 is 9.53 Å². The van der Waals surface area contributed by atoms with E-state index in [2.05, 4.69) is 0 Å². The summed E-state index contributed by atoms with van der Waals surface area (Å²) in [6.07, 6.45) is -0.179. The Morgan fingerprint density at radius 2 is 1.35 bits per heavy atom. The Balaban J connectivity index is 2.52. The van der Waals surface area contributed by atoms with Gasteiger partial charge in [0.05, 0.1) is 6.10 Å². The number of thiol groups is 1. The normalized spacial score (nSPS) is 11.4. The van der Waals surface area contributed by atoms with Gasteiger partial charge in [-0.2, -0.15) is 12.6 Å². The molecule has 0 N–H and O–H groups in total. The first kappa shape index (κ1) is 14.7. The third-order valence-electron chi connectivity index (χ3n) is 3.02. The Bertz CT molecular complexity index is 525. The molecule has 0 atom stereocenters. The van der Waals surface area contributed by atoms with Crippen molar-refractivity contribution in [3.63, 3.8) is 0 Å². The SMILES string of the molecule is CC(C)OC(=O)C(S)(c1ccccc1)c1ccccc1. The van der Waals surface area contributed by atoms with Gasteiger partial charge >= 0.3 is 5.97 Å².